The summed E-state index contributed by atoms with van der Waals surface area (Å²) >= 11 is 0.961. The molecule has 0 unspecified atom stereocenters. The summed E-state index contributed by atoms with van der Waals surface area (Å²) in [5, 5.41) is 0. The molecule has 0 radical (unpaired) electrons. The Morgan fingerprint density at radius 2 is 1.81 bits per heavy atom. The molecule has 3 aromatic rings. The molecular weight excluding hydrogens is 381 g/mol. The molecule has 3 rings (SSSR count). The van der Waals surface area contributed by atoms with Crippen LogP contribution in [0.3, 0.4) is 0 Å². The van der Waals surface area contributed by atoms with Crippen molar-refractivity contribution in [2.75, 3.05) is 6.61 Å². The average Bonchev–Trinajstić information content (AvgIpc) is 2.91. The van der Waals surface area contributed by atoms with Gasteiger partial charge in [0.25, 0.3) is 5.91 Å². The van der Waals surface area contributed by atoms with Gasteiger partial charge < -0.3 is 9.30 Å². The minimum atomic E-state index is -1.05. The van der Waals surface area contributed by atoms with E-state index in [1.54, 1.807) is 6.92 Å². The number of rotatable bonds is 4. The van der Waals surface area contributed by atoms with Gasteiger partial charge >= 0.3 is 5.97 Å². The van der Waals surface area contributed by atoms with Crippen LogP contribution in [0.25, 0.3) is 10.2 Å². The first-order chi connectivity index (χ1) is 12.9. The van der Waals surface area contributed by atoms with Crippen LogP contribution >= 0.6 is 11.3 Å². The molecule has 9 heteroatoms. The predicted octanol–water partition coefficient (Wildman–Crippen LogP) is 3.42. The maximum absolute atomic E-state index is 13.8. The summed E-state index contributed by atoms with van der Waals surface area (Å²) in [7, 11) is 0. The summed E-state index contributed by atoms with van der Waals surface area (Å²) in [5.74, 6) is -3.87. The van der Waals surface area contributed by atoms with Gasteiger partial charge in [-0.3, -0.25) is 9.59 Å². The van der Waals surface area contributed by atoms with Crippen molar-refractivity contribution in [1.29, 1.82) is 0 Å². The molecule has 0 aliphatic rings. The Morgan fingerprint density at radius 3 is 2.52 bits per heavy atom. The Kier molecular flexibility index (Phi) is 5.41. The normalized spacial score (nSPS) is 11.8. The second-order valence-corrected chi connectivity index (χ2v) is 6.44. The highest BCUT2D eigenvalue weighted by Gasteiger charge is 2.15. The molecule has 0 spiro atoms. The minimum absolute atomic E-state index is 0.0670. The number of nitrogens with zero attached hydrogens (tertiary/aromatic N) is 2. The number of amides is 1. The standard InChI is InChI=1S/C18H13F3N2O3S/c1-2-26-16(24)9-23-14-6-4-11(20)8-15(14)27-18(23)22-17(25)12-5-3-10(19)7-13(12)21/h3-8H,2,9H2,1H3. The lowest BCUT2D eigenvalue weighted by Gasteiger charge is -2.05. The Bertz CT molecular complexity index is 1100. The Labute approximate surface area is 155 Å². The lowest BCUT2D eigenvalue weighted by molar-refractivity contribution is -0.143. The lowest BCUT2D eigenvalue weighted by atomic mass is 10.2. The monoisotopic (exact) mass is 394 g/mol. The van der Waals surface area contributed by atoms with Crippen LogP contribution in [0.1, 0.15) is 17.3 Å². The third kappa shape index (κ3) is 4.08. The van der Waals surface area contributed by atoms with E-state index >= 15 is 0 Å². The third-order valence-corrected chi connectivity index (χ3v) is 4.64. The zero-order valence-electron chi connectivity index (χ0n) is 14.0. The van der Waals surface area contributed by atoms with Crippen molar-refractivity contribution in [1.82, 2.24) is 4.57 Å². The largest absolute Gasteiger partial charge is 0.465 e. The second kappa shape index (κ2) is 7.75. The minimum Gasteiger partial charge on any atom is -0.465 e. The van der Waals surface area contributed by atoms with Crippen molar-refractivity contribution in [3.63, 3.8) is 0 Å². The molecule has 5 nitrogen and oxygen atoms in total. The summed E-state index contributed by atoms with van der Waals surface area (Å²) in [4.78, 5) is 28.1. The van der Waals surface area contributed by atoms with Gasteiger partial charge in [0.1, 0.15) is 24.0 Å². The molecule has 0 saturated carbocycles. The number of carbonyl (C=O) groups is 2. The average molecular weight is 394 g/mol. The highest BCUT2D eigenvalue weighted by molar-refractivity contribution is 7.16. The summed E-state index contributed by atoms with van der Waals surface area (Å²) < 4.78 is 47.1. The molecule has 1 aromatic heterocycles. The molecule has 0 fully saturated rings. The topological polar surface area (TPSA) is 60.7 Å². The van der Waals surface area contributed by atoms with E-state index in [1.807, 2.05) is 0 Å². The highest BCUT2D eigenvalue weighted by Crippen LogP contribution is 2.19. The summed E-state index contributed by atoms with van der Waals surface area (Å²) in [6, 6.07) is 6.40. The molecule has 2 aromatic carbocycles. The molecule has 0 N–H and O–H groups in total. The second-order valence-electron chi connectivity index (χ2n) is 5.43. The van der Waals surface area contributed by atoms with E-state index in [0.717, 1.165) is 23.5 Å². The van der Waals surface area contributed by atoms with Crippen molar-refractivity contribution in [3.05, 3.63) is 64.2 Å². The van der Waals surface area contributed by atoms with E-state index in [9.17, 15) is 22.8 Å². The summed E-state index contributed by atoms with van der Waals surface area (Å²) in [6.45, 7) is 1.57. The van der Waals surface area contributed by atoms with Gasteiger partial charge in [-0.05, 0) is 37.3 Å². The Hall–Kier alpha value is -2.94. The number of thiazole rings is 1. The zero-order chi connectivity index (χ0) is 19.6. The molecule has 140 valence electrons. The van der Waals surface area contributed by atoms with Gasteiger partial charge in [0, 0.05) is 6.07 Å². The fraction of sp³-hybridized carbons (Fsp3) is 0.167. The van der Waals surface area contributed by atoms with Gasteiger partial charge in [-0.15, -0.1) is 0 Å². The van der Waals surface area contributed by atoms with Gasteiger partial charge in [0.15, 0.2) is 4.80 Å². The van der Waals surface area contributed by atoms with Gasteiger partial charge in [-0.1, -0.05) is 11.3 Å². The molecular formula is C18H13F3N2O3S. The van der Waals surface area contributed by atoms with E-state index in [4.69, 9.17) is 4.74 Å². The van der Waals surface area contributed by atoms with E-state index in [-0.39, 0.29) is 18.0 Å². The maximum atomic E-state index is 13.8. The first-order valence-electron chi connectivity index (χ1n) is 7.87. The van der Waals surface area contributed by atoms with Crippen molar-refractivity contribution in [2.45, 2.75) is 13.5 Å². The van der Waals surface area contributed by atoms with Crippen LogP contribution in [0.15, 0.2) is 41.4 Å². The van der Waals surface area contributed by atoms with Gasteiger partial charge in [-0.2, -0.15) is 4.99 Å². The molecule has 1 heterocycles. The predicted molar refractivity (Wildman–Crippen MR) is 92.7 cm³/mol. The number of benzene rings is 2. The Morgan fingerprint density at radius 1 is 1.11 bits per heavy atom. The fourth-order valence-corrected chi connectivity index (χ4v) is 3.48. The quantitative estimate of drug-likeness (QED) is 0.637. The third-order valence-electron chi connectivity index (χ3n) is 3.60. The van der Waals surface area contributed by atoms with Crippen LogP contribution < -0.4 is 4.80 Å². The van der Waals surface area contributed by atoms with Crippen molar-refractivity contribution < 1.29 is 27.5 Å². The molecule has 0 aliphatic heterocycles. The van der Waals surface area contributed by atoms with E-state index in [2.05, 4.69) is 4.99 Å². The van der Waals surface area contributed by atoms with Crippen molar-refractivity contribution in [2.24, 2.45) is 4.99 Å². The van der Waals surface area contributed by atoms with Crippen molar-refractivity contribution in [3.8, 4) is 0 Å². The highest BCUT2D eigenvalue weighted by atomic mass is 32.1. The molecule has 0 atom stereocenters. The molecule has 0 bridgehead atoms. The number of aromatic nitrogens is 1. The van der Waals surface area contributed by atoms with Crippen LogP contribution in [0.5, 0.6) is 0 Å². The van der Waals surface area contributed by atoms with Gasteiger partial charge in [0.2, 0.25) is 0 Å². The first kappa shape index (κ1) is 18.8. The first-order valence-corrected chi connectivity index (χ1v) is 8.69. The van der Waals surface area contributed by atoms with Crippen LogP contribution in [-0.4, -0.2) is 23.1 Å². The van der Waals surface area contributed by atoms with E-state index in [0.29, 0.717) is 16.3 Å². The van der Waals surface area contributed by atoms with Gasteiger partial charge in [-0.25, -0.2) is 13.2 Å². The number of fused-ring (bicyclic) bond motifs is 1. The van der Waals surface area contributed by atoms with Crippen LogP contribution in [0, 0.1) is 17.5 Å². The smallest absolute Gasteiger partial charge is 0.326 e. The lowest BCUT2D eigenvalue weighted by Crippen LogP contribution is -2.23. The summed E-state index contributed by atoms with van der Waals surface area (Å²) in [5.41, 5.74) is 0.0586. The molecule has 0 saturated heterocycles. The molecule has 0 aliphatic carbocycles. The Balaban J connectivity index is 2.12. The zero-order valence-corrected chi connectivity index (χ0v) is 14.9. The molecule has 27 heavy (non-hydrogen) atoms. The number of carbonyl (C=O) groups excluding carboxylic acids is 2. The SMILES string of the molecule is CCOC(=O)Cn1c(=NC(=O)c2ccc(F)cc2F)sc2cc(F)ccc21. The number of hydrogen-bond acceptors (Lipinski definition) is 4. The molecule has 1 amide bonds. The van der Waals surface area contributed by atoms with E-state index < -0.39 is 34.9 Å². The number of halogens is 3. The van der Waals surface area contributed by atoms with Crippen molar-refractivity contribution >= 4 is 33.4 Å². The number of ether oxygens (including phenoxy) is 1. The van der Waals surface area contributed by atoms with E-state index in [1.165, 1.54) is 22.8 Å². The van der Waals surface area contributed by atoms with Crippen LogP contribution in [0.4, 0.5) is 13.2 Å². The number of esters is 1. The van der Waals surface area contributed by atoms with Crippen LogP contribution in [-0.2, 0) is 16.1 Å². The summed E-state index contributed by atoms with van der Waals surface area (Å²) in [6.07, 6.45) is 0. The van der Waals surface area contributed by atoms with Gasteiger partial charge in [0.05, 0.1) is 22.4 Å². The number of hydrogen-bond donors (Lipinski definition) is 0. The maximum Gasteiger partial charge on any atom is 0.326 e. The van der Waals surface area contributed by atoms with Crippen LogP contribution in [0.2, 0.25) is 0 Å². The fourth-order valence-electron chi connectivity index (χ4n) is 2.43.